The minimum atomic E-state index is -0.289. The van der Waals surface area contributed by atoms with Crippen LogP contribution in [0.5, 0.6) is 0 Å². The van der Waals surface area contributed by atoms with E-state index < -0.39 is 0 Å². The fraction of sp³-hybridized carbons (Fsp3) is 0.188. The van der Waals surface area contributed by atoms with Crippen LogP contribution in [0.15, 0.2) is 36.4 Å². The highest BCUT2D eigenvalue weighted by atomic mass is 35.5. The number of nitrogens with one attached hydrogen (secondary N) is 1. The van der Waals surface area contributed by atoms with E-state index >= 15 is 0 Å². The van der Waals surface area contributed by atoms with E-state index in [1.54, 1.807) is 35.2 Å². The highest BCUT2D eigenvalue weighted by Crippen LogP contribution is 2.18. The Morgan fingerprint density at radius 2 is 1.73 bits per heavy atom. The number of amides is 1. The summed E-state index contributed by atoms with van der Waals surface area (Å²) in [6.07, 6.45) is 0. The second-order valence-electron chi connectivity index (χ2n) is 5.02. The van der Waals surface area contributed by atoms with Crippen LogP contribution in [0.4, 0.5) is 11.5 Å². The van der Waals surface area contributed by atoms with Gasteiger partial charge in [-0.15, -0.1) is 0 Å². The van der Waals surface area contributed by atoms with Gasteiger partial charge in [-0.25, -0.2) is 4.98 Å². The van der Waals surface area contributed by atoms with Gasteiger partial charge in [0.2, 0.25) is 0 Å². The van der Waals surface area contributed by atoms with Crippen LogP contribution in [0.2, 0.25) is 5.15 Å². The van der Waals surface area contributed by atoms with E-state index in [1.165, 1.54) is 13.0 Å². The molecular weight excluding hydrogens is 302 g/mol. The highest BCUT2D eigenvalue weighted by molar-refractivity contribution is 6.30. The zero-order valence-electron chi connectivity index (χ0n) is 12.6. The van der Waals surface area contributed by atoms with Crippen molar-refractivity contribution in [2.24, 2.45) is 0 Å². The first-order chi connectivity index (χ1) is 10.4. The molecule has 0 aliphatic carbocycles. The summed E-state index contributed by atoms with van der Waals surface area (Å²) >= 11 is 5.94. The lowest BCUT2D eigenvalue weighted by atomic mass is 10.1. The van der Waals surface area contributed by atoms with E-state index in [1.807, 2.05) is 14.1 Å². The Morgan fingerprint density at radius 1 is 1.09 bits per heavy atom. The van der Waals surface area contributed by atoms with Gasteiger partial charge in [0, 0.05) is 30.9 Å². The summed E-state index contributed by atoms with van der Waals surface area (Å²) in [6.45, 7) is 1.50. The molecule has 1 heterocycles. The van der Waals surface area contributed by atoms with Crippen LogP contribution in [-0.2, 0) is 0 Å². The summed E-state index contributed by atoms with van der Waals surface area (Å²) in [6, 6.07) is 9.87. The van der Waals surface area contributed by atoms with Gasteiger partial charge in [0.1, 0.15) is 11.0 Å². The number of Topliss-reactive ketones (excluding diaryl/α,β-unsaturated/α-hetero) is 1. The zero-order valence-corrected chi connectivity index (χ0v) is 13.3. The van der Waals surface area contributed by atoms with Crippen LogP contribution in [0.1, 0.15) is 27.6 Å². The first kappa shape index (κ1) is 16.0. The topological polar surface area (TPSA) is 62.3 Å². The van der Waals surface area contributed by atoms with Crippen LogP contribution in [0.3, 0.4) is 0 Å². The van der Waals surface area contributed by atoms with Crippen molar-refractivity contribution in [2.45, 2.75) is 6.92 Å². The van der Waals surface area contributed by atoms with Gasteiger partial charge in [-0.05, 0) is 43.3 Å². The lowest BCUT2D eigenvalue weighted by Gasteiger charge is -2.13. The Morgan fingerprint density at radius 3 is 2.27 bits per heavy atom. The summed E-state index contributed by atoms with van der Waals surface area (Å²) in [5.74, 6) is 0.293. The monoisotopic (exact) mass is 317 g/mol. The third-order valence-electron chi connectivity index (χ3n) is 3.05. The smallest absolute Gasteiger partial charge is 0.255 e. The molecule has 1 aromatic heterocycles. The fourth-order valence-corrected chi connectivity index (χ4v) is 2.04. The first-order valence-corrected chi connectivity index (χ1v) is 7.02. The van der Waals surface area contributed by atoms with Crippen LogP contribution in [-0.4, -0.2) is 30.8 Å². The SMILES string of the molecule is CC(=O)c1ccc(NC(=O)c2cc(Cl)nc(N(C)C)c2)cc1. The number of carbonyl (C=O) groups excluding carboxylic acids is 2. The molecule has 22 heavy (non-hydrogen) atoms. The van der Waals surface area contributed by atoms with Crippen LogP contribution >= 0.6 is 11.6 Å². The van der Waals surface area contributed by atoms with Crippen molar-refractivity contribution < 1.29 is 9.59 Å². The molecule has 2 aromatic rings. The van der Waals surface area contributed by atoms with Crippen LogP contribution < -0.4 is 10.2 Å². The number of benzene rings is 1. The summed E-state index contributed by atoms with van der Waals surface area (Å²) in [5.41, 5.74) is 1.62. The molecule has 6 heteroatoms. The molecule has 0 saturated carbocycles. The van der Waals surface area contributed by atoms with E-state index in [-0.39, 0.29) is 16.8 Å². The first-order valence-electron chi connectivity index (χ1n) is 6.64. The summed E-state index contributed by atoms with van der Waals surface area (Å²) in [5, 5.41) is 3.02. The molecule has 5 nitrogen and oxygen atoms in total. The average molecular weight is 318 g/mol. The van der Waals surface area contributed by atoms with Gasteiger partial charge >= 0.3 is 0 Å². The van der Waals surface area contributed by atoms with Gasteiger partial charge in [0.15, 0.2) is 5.78 Å². The van der Waals surface area contributed by atoms with Crippen molar-refractivity contribution in [3.63, 3.8) is 0 Å². The van der Waals surface area contributed by atoms with Gasteiger partial charge in [0.25, 0.3) is 5.91 Å². The average Bonchev–Trinajstić information content (AvgIpc) is 2.47. The predicted octanol–water partition coefficient (Wildman–Crippen LogP) is 3.26. The molecule has 2 rings (SSSR count). The molecule has 1 aromatic carbocycles. The van der Waals surface area contributed by atoms with Crippen molar-refractivity contribution in [3.8, 4) is 0 Å². The van der Waals surface area contributed by atoms with Crippen molar-refractivity contribution >= 4 is 34.8 Å². The minimum absolute atomic E-state index is 0.0191. The molecule has 1 amide bonds. The van der Waals surface area contributed by atoms with Crippen molar-refractivity contribution in [3.05, 3.63) is 52.7 Å². The number of nitrogens with zero attached hydrogens (tertiary/aromatic N) is 2. The molecule has 0 atom stereocenters. The standard InChI is InChI=1S/C16H16ClN3O2/c1-10(21)11-4-6-13(7-5-11)18-16(22)12-8-14(17)19-15(9-12)20(2)3/h4-9H,1-3H3,(H,18,22). The van der Waals surface area contributed by atoms with Crippen LogP contribution in [0.25, 0.3) is 0 Å². The second kappa shape index (κ2) is 6.58. The maximum atomic E-state index is 12.3. The number of rotatable bonds is 4. The number of ketones is 1. The number of hydrogen-bond acceptors (Lipinski definition) is 4. The van der Waals surface area contributed by atoms with E-state index in [0.717, 1.165) is 0 Å². The summed E-state index contributed by atoms with van der Waals surface area (Å²) in [4.78, 5) is 29.4. The lowest BCUT2D eigenvalue weighted by Crippen LogP contribution is -2.15. The van der Waals surface area contributed by atoms with E-state index in [4.69, 9.17) is 11.6 Å². The molecule has 0 spiro atoms. The Hall–Kier alpha value is -2.40. The third kappa shape index (κ3) is 3.83. The van der Waals surface area contributed by atoms with E-state index in [9.17, 15) is 9.59 Å². The molecule has 0 aliphatic rings. The summed E-state index contributed by atoms with van der Waals surface area (Å²) < 4.78 is 0. The quantitative estimate of drug-likeness (QED) is 0.694. The van der Waals surface area contributed by atoms with E-state index in [2.05, 4.69) is 10.3 Å². The largest absolute Gasteiger partial charge is 0.363 e. The molecular formula is C16H16ClN3O2. The molecule has 0 unspecified atom stereocenters. The van der Waals surface area contributed by atoms with E-state index in [0.29, 0.717) is 22.6 Å². The Bertz CT molecular complexity index is 712. The maximum absolute atomic E-state index is 12.3. The number of pyridine rings is 1. The molecule has 0 radical (unpaired) electrons. The molecule has 0 fully saturated rings. The van der Waals surface area contributed by atoms with Crippen LogP contribution in [0, 0.1) is 0 Å². The summed E-state index contributed by atoms with van der Waals surface area (Å²) in [7, 11) is 3.64. The lowest BCUT2D eigenvalue weighted by molar-refractivity contribution is 0.101. The maximum Gasteiger partial charge on any atom is 0.255 e. The van der Waals surface area contributed by atoms with Gasteiger partial charge < -0.3 is 10.2 Å². The van der Waals surface area contributed by atoms with Gasteiger partial charge in [-0.3, -0.25) is 9.59 Å². The van der Waals surface area contributed by atoms with Gasteiger partial charge in [-0.1, -0.05) is 11.6 Å². The van der Waals surface area contributed by atoms with Crippen molar-refractivity contribution in [1.82, 2.24) is 4.98 Å². The number of aromatic nitrogens is 1. The second-order valence-corrected chi connectivity index (χ2v) is 5.41. The highest BCUT2D eigenvalue weighted by Gasteiger charge is 2.11. The van der Waals surface area contributed by atoms with Crippen molar-refractivity contribution in [2.75, 3.05) is 24.3 Å². The third-order valence-corrected chi connectivity index (χ3v) is 3.24. The number of halogens is 1. The normalized spacial score (nSPS) is 10.2. The molecule has 0 saturated heterocycles. The van der Waals surface area contributed by atoms with Crippen molar-refractivity contribution in [1.29, 1.82) is 0 Å². The molecule has 114 valence electrons. The Balaban J connectivity index is 2.20. The molecule has 0 bridgehead atoms. The van der Waals surface area contributed by atoms with Gasteiger partial charge in [0.05, 0.1) is 0 Å². The Labute approximate surface area is 133 Å². The fourth-order valence-electron chi connectivity index (χ4n) is 1.83. The predicted molar refractivity (Wildman–Crippen MR) is 88.0 cm³/mol. The molecule has 1 N–H and O–H groups in total. The Kier molecular flexibility index (Phi) is 4.78. The number of hydrogen-bond donors (Lipinski definition) is 1. The zero-order chi connectivity index (χ0) is 16.3. The minimum Gasteiger partial charge on any atom is -0.363 e. The molecule has 0 aliphatic heterocycles. The number of anilines is 2. The number of carbonyl (C=O) groups is 2. The van der Waals surface area contributed by atoms with Gasteiger partial charge in [-0.2, -0.15) is 0 Å².